The Labute approximate surface area is 120 Å². The SMILES string of the molecule is CCOC(=O)C(C)CNC(=O)CC1COCCN1.Cl. The number of ether oxygens (including phenoxy) is 2. The topological polar surface area (TPSA) is 76.7 Å². The van der Waals surface area contributed by atoms with Gasteiger partial charge in [-0.05, 0) is 6.92 Å². The molecule has 2 N–H and O–H groups in total. The predicted molar refractivity (Wildman–Crippen MR) is 73.3 cm³/mol. The highest BCUT2D eigenvalue weighted by Crippen LogP contribution is 2.00. The first-order chi connectivity index (χ1) is 8.63. The lowest BCUT2D eigenvalue weighted by molar-refractivity contribution is -0.147. The van der Waals surface area contributed by atoms with E-state index in [-0.39, 0.29) is 36.2 Å². The van der Waals surface area contributed by atoms with Gasteiger partial charge in [0.2, 0.25) is 5.91 Å². The molecule has 1 fully saturated rings. The largest absolute Gasteiger partial charge is 0.466 e. The molecule has 0 aliphatic carbocycles. The molecule has 6 nitrogen and oxygen atoms in total. The molecule has 1 rings (SSSR count). The van der Waals surface area contributed by atoms with Crippen LogP contribution in [-0.4, -0.2) is 50.8 Å². The molecule has 7 heteroatoms. The molecule has 0 aromatic heterocycles. The van der Waals surface area contributed by atoms with Gasteiger partial charge in [-0.2, -0.15) is 0 Å². The summed E-state index contributed by atoms with van der Waals surface area (Å²) in [6, 6.07) is 0.0663. The molecule has 1 aliphatic heterocycles. The molecule has 1 amide bonds. The summed E-state index contributed by atoms with van der Waals surface area (Å²) in [6.07, 6.45) is 0.371. The second-order valence-electron chi connectivity index (χ2n) is 4.39. The first kappa shape index (κ1) is 18.1. The van der Waals surface area contributed by atoms with E-state index in [2.05, 4.69) is 10.6 Å². The van der Waals surface area contributed by atoms with Crippen LogP contribution >= 0.6 is 12.4 Å². The Kier molecular flexibility index (Phi) is 9.55. The minimum atomic E-state index is -0.315. The van der Waals surface area contributed by atoms with Gasteiger partial charge in [0.15, 0.2) is 0 Å². The summed E-state index contributed by atoms with van der Waals surface area (Å²) < 4.78 is 10.1. The molecule has 1 heterocycles. The van der Waals surface area contributed by atoms with Crippen LogP contribution in [0.3, 0.4) is 0 Å². The van der Waals surface area contributed by atoms with Crippen molar-refractivity contribution in [2.24, 2.45) is 5.92 Å². The number of esters is 1. The van der Waals surface area contributed by atoms with Gasteiger partial charge in [-0.25, -0.2) is 0 Å². The second kappa shape index (κ2) is 10.00. The third-order valence-electron chi connectivity index (χ3n) is 2.72. The monoisotopic (exact) mass is 294 g/mol. The lowest BCUT2D eigenvalue weighted by Gasteiger charge is -2.23. The Morgan fingerprint density at radius 2 is 2.26 bits per heavy atom. The maximum Gasteiger partial charge on any atom is 0.310 e. The van der Waals surface area contributed by atoms with E-state index in [1.54, 1.807) is 13.8 Å². The predicted octanol–water partition coefficient (Wildman–Crippen LogP) is 0.102. The van der Waals surface area contributed by atoms with E-state index in [9.17, 15) is 9.59 Å². The number of hydrogen-bond acceptors (Lipinski definition) is 5. The lowest BCUT2D eigenvalue weighted by Crippen LogP contribution is -2.45. The fourth-order valence-corrected chi connectivity index (χ4v) is 1.68. The van der Waals surface area contributed by atoms with E-state index in [0.717, 1.165) is 6.54 Å². The molecule has 0 radical (unpaired) electrons. The van der Waals surface area contributed by atoms with Crippen molar-refractivity contribution in [3.63, 3.8) is 0 Å². The van der Waals surface area contributed by atoms with Crippen molar-refractivity contribution in [1.82, 2.24) is 10.6 Å². The Balaban J connectivity index is 0.00000324. The maximum atomic E-state index is 11.6. The highest BCUT2D eigenvalue weighted by atomic mass is 35.5. The zero-order valence-electron chi connectivity index (χ0n) is 11.4. The molecule has 0 bridgehead atoms. The normalized spacial score (nSPS) is 20.0. The molecular formula is C12H23ClN2O4. The first-order valence-corrected chi connectivity index (χ1v) is 6.38. The number of halogens is 1. The van der Waals surface area contributed by atoms with E-state index < -0.39 is 0 Å². The van der Waals surface area contributed by atoms with Gasteiger partial charge in [-0.15, -0.1) is 12.4 Å². The van der Waals surface area contributed by atoms with Crippen molar-refractivity contribution in [2.45, 2.75) is 26.3 Å². The summed E-state index contributed by atoms with van der Waals surface area (Å²) in [5, 5.41) is 5.94. The van der Waals surface area contributed by atoms with Crippen molar-refractivity contribution in [2.75, 3.05) is 32.9 Å². The fourth-order valence-electron chi connectivity index (χ4n) is 1.68. The Morgan fingerprint density at radius 1 is 1.53 bits per heavy atom. The van der Waals surface area contributed by atoms with Crippen LogP contribution in [-0.2, 0) is 19.1 Å². The molecule has 0 aromatic rings. The second-order valence-corrected chi connectivity index (χ2v) is 4.39. The molecular weight excluding hydrogens is 272 g/mol. The van der Waals surface area contributed by atoms with Gasteiger partial charge in [0.05, 0.1) is 25.7 Å². The minimum Gasteiger partial charge on any atom is -0.466 e. The Morgan fingerprint density at radius 3 is 2.84 bits per heavy atom. The van der Waals surface area contributed by atoms with Crippen molar-refractivity contribution in [3.8, 4) is 0 Å². The zero-order chi connectivity index (χ0) is 13.4. The Hall–Kier alpha value is -0.850. The number of carbonyl (C=O) groups is 2. The smallest absolute Gasteiger partial charge is 0.310 e. The van der Waals surface area contributed by atoms with Gasteiger partial charge in [0.25, 0.3) is 0 Å². The van der Waals surface area contributed by atoms with Crippen LogP contribution in [0, 0.1) is 5.92 Å². The van der Waals surface area contributed by atoms with E-state index in [1.165, 1.54) is 0 Å². The first-order valence-electron chi connectivity index (χ1n) is 6.38. The summed E-state index contributed by atoms with van der Waals surface area (Å²) in [5.41, 5.74) is 0. The Bertz CT molecular complexity index is 283. The van der Waals surface area contributed by atoms with Crippen LogP contribution in [0.5, 0.6) is 0 Å². The molecule has 2 atom stereocenters. The summed E-state index contributed by atoms with van der Waals surface area (Å²) in [5.74, 6) is -0.671. The molecule has 19 heavy (non-hydrogen) atoms. The van der Waals surface area contributed by atoms with Crippen LogP contribution in [0.15, 0.2) is 0 Å². The summed E-state index contributed by atoms with van der Waals surface area (Å²) >= 11 is 0. The summed E-state index contributed by atoms with van der Waals surface area (Å²) in [7, 11) is 0. The molecule has 112 valence electrons. The number of carbonyl (C=O) groups excluding carboxylic acids is 2. The standard InChI is InChI=1S/C12H22N2O4.ClH/c1-3-18-12(16)9(2)7-14-11(15)6-10-8-17-5-4-13-10;/h9-10,13H,3-8H2,1-2H3,(H,14,15);1H. The van der Waals surface area contributed by atoms with Crippen LogP contribution in [0.25, 0.3) is 0 Å². The van der Waals surface area contributed by atoms with Gasteiger partial charge in [0, 0.05) is 25.6 Å². The van der Waals surface area contributed by atoms with Crippen molar-refractivity contribution in [1.29, 1.82) is 0 Å². The average Bonchev–Trinajstić information content (AvgIpc) is 2.37. The molecule has 1 saturated heterocycles. The van der Waals surface area contributed by atoms with Gasteiger partial charge >= 0.3 is 5.97 Å². The molecule has 1 aliphatic rings. The van der Waals surface area contributed by atoms with E-state index in [4.69, 9.17) is 9.47 Å². The molecule has 0 aromatic carbocycles. The fraction of sp³-hybridized carbons (Fsp3) is 0.833. The van der Waals surface area contributed by atoms with Crippen LogP contribution in [0.2, 0.25) is 0 Å². The third kappa shape index (κ3) is 7.34. The van der Waals surface area contributed by atoms with E-state index in [1.807, 2.05) is 0 Å². The quantitative estimate of drug-likeness (QED) is 0.680. The molecule has 2 unspecified atom stereocenters. The van der Waals surface area contributed by atoms with Crippen LogP contribution in [0.4, 0.5) is 0 Å². The maximum absolute atomic E-state index is 11.6. The van der Waals surface area contributed by atoms with Gasteiger partial charge in [-0.3, -0.25) is 9.59 Å². The highest BCUT2D eigenvalue weighted by Gasteiger charge is 2.19. The lowest BCUT2D eigenvalue weighted by atomic mass is 10.1. The number of morpholine rings is 1. The molecule has 0 saturated carbocycles. The van der Waals surface area contributed by atoms with Crippen molar-refractivity contribution in [3.05, 3.63) is 0 Å². The third-order valence-corrected chi connectivity index (χ3v) is 2.72. The number of amides is 1. The average molecular weight is 295 g/mol. The number of hydrogen-bond donors (Lipinski definition) is 2. The minimum absolute atomic E-state index is 0. The van der Waals surface area contributed by atoms with Crippen molar-refractivity contribution >= 4 is 24.3 Å². The van der Waals surface area contributed by atoms with Gasteiger partial charge in [0.1, 0.15) is 0 Å². The number of rotatable bonds is 6. The highest BCUT2D eigenvalue weighted by molar-refractivity contribution is 5.85. The number of nitrogens with one attached hydrogen (secondary N) is 2. The van der Waals surface area contributed by atoms with Gasteiger partial charge < -0.3 is 20.1 Å². The van der Waals surface area contributed by atoms with E-state index in [0.29, 0.717) is 32.8 Å². The van der Waals surface area contributed by atoms with Gasteiger partial charge in [-0.1, -0.05) is 6.92 Å². The van der Waals surface area contributed by atoms with Crippen LogP contribution < -0.4 is 10.6 Å². The van der Waals surface area contributed by atoms with E-state index >= 15 is 0 Å². The summed E-state index contributed by atoms with van der Waals surface area (Å²) in [4.78, 5) is 23.0. The van der Waals surface area contributed by atoms with Crippen LogP contribution in [0.1, 0.15) is 20.3 Å². The van der Waals surface area contributed by atoms with Crippen molar-refractivity contribution < 1.29 is 19.1 Å². The molecule has 0 spiro atoms. The summed E-state index contributed by atoms with van der Waals surface area (Å²) in [6.45, 7) is 6.19. The zero-order valence-corrected chi connectivity index (χ0v) is 12.3.